The summed E-state index contributed by atoms with van der Waals surface area (Å²) in [5, 5.41) is 6.20. The van der Waals surface area contributed by atoms with Crippen molar-refractivity contribution in [2.75, 3.05) is 36.4 Å². The van der Waals surface area contributed by atoms with E-state index in [1.54, 1.807) is 6.20 Å². The number of anilines is 2. The highest BCUT2D eigenvalue weighted by molar-refractivity contribution is 5.84. The Morgan fingerprint density at radius 2 is 1.81 bits per heavy atom. The molecule has 0 radical (unpaired) electrons. The molecule has 1 fully saturated rings. The van der Waals surface area contributed by atoms with Gasteiger partial charge in [0.2, 0.25) is 5.91 Å². The molecule has 1 unspecified atom stereocenters. The van der Waals surface area contributed by atoms with Gasteiger partial charge < -0.3 is 15.5 Å². The van der Waals surface area contributed by atoms with E-state index in [-0.39, 0.29) is 11.8 Å². The topological polar surface area (TPSA) is 83.0 Å². The Morgan fingerprint density at radius 3 is 2.45 bits per heavy atom. The summed E-state index contributed by atoms with van der Waals surface area (Å²) in [6.45, 7) is 3.29. The van der Waals surface area contributed by atoms with Gasteiger partial charge in [-0.2, -0.15) is 0 Å². The molecule has 0 bridgehead atoms. The van der Waals surface area contributed by atoms with Gasteiger partial charge in [0.25, 0.3) is 0 Å². The van der Waals surface area contributed by atoms with Crippen LogP contribution in [0.4, 0.5) is 11.6 Å². The van der Waals surface area contributed by atoms with Gasteiger partial charge in [-0.25, -0.2) is 9.97 Å². The first-order chi connectivity index (χ1) is 15.3. The third kappa shape index (κ3) is 4.35. The van der Waals surface area contributed by atoms with Crippen LogP contribution in [0.1, 0.15) is 17.5 Å². The third-order valence-electron chi connectivity index (χ3n) is 6.04. The molecule has 4 heterocycles. The third-order valence-corrected chi connectivity index (χ3v) is 6.04. The summed E-state index contributed by atoms with van der Waals surface area (Å²) < 4.78 is 0. The molecular formula is C24H26N6O. The maximum Gasteiger partial charge on any atom is 0.224 e. The summed E-state index contributed by atoms with van der Waals surface area (Å²) in [7, 11) is 0. The fraction of sp³-hybridized carbons (Fsp3) is 0.333. The second-order valence-corrected chi connectivity index (χ2v) is 8.06. The van der Waals surface area contributed by atoms with E-state index in [1.165, 1.54) is 11.1 Å². The molecule has 3 aromatic rings. The number of fused-ring (bicyclic) bond motifs is 1. The fourth-order valence-corrected chi connectivity index (χ4v) is 4.13. The van der Waals surface area contributed by atoms with E-state index in [2.05, 4.69) is 44.8 Å². The first kappa shape index (κ1) is 19.5. The van der Waals surface area contributed by atoms with Crippen molar-refractivity contribution in [1.29, 1.82) is 0 Å². The van der Waals surface area contributed by atoms with Crippen molar-refractivity contribution in [3.05, 3.63) is 65.9 Å². The van der Waals surface area contributed by atoms with Crippen molar-refractivity contribution in [3.8, 4) is 11.5 Å². The van der Waals surface area contributed by atoms with Crippen molar-refractivity contribution in [3.63, 3.8) is 0 Å². The molecule has 2 N–H and O–H groups in total. The molecule has 31 heavy (non-hydrogen) atoms. The number of rotatable bonds is 6. The summed E-state index contributed by atoms with van der Waals surface area (Å²) in [6, 6.07) is 16.5. The van der Waals surface area contributed by atoms with Gasteiger partial charge in [0.15, 0.2) is 5.82 Å². The van der Waals surface area contributed by atoms with Gasteiger partial charge >= 0.3 is 0 Å². The average molecular weight is 415 g/mol. The number of aromatic nitrogens is 3. The lowest BCUT2D eigenvalue weighted by Crippen LogP contribution is -2.49. The van der Waals surface area contributed by atoms with Crippen molar-refractivity contribution in [1.82, 2.24) is 20.3 Å². The van der Waals surface area contributed by atoms with Gasteiger partial charge in [0.1, 0.15) is 17.3 Å². The predicted molar refractivity (Wildman–Crippen MR) is 121 cm³/mol. The number of benzene rings is 1. The number of amides is 1. The van der Waals surface area contributed by atoms with E-state index < -0.39 is 0 Å². The summed E-state index contributed by atoms with van der Waals surface area (Å²) >= 11 is 0. The number of nitrogens with zero attached hydrogens (tertiary/aromatic N) is 4. The highest BCUT2D eigenvalue weighted by atomic mass is 16.2. The molecule has 0 saturated carbocycles. The van der Waals surface area contributed by atoms with Crippen LogP contribution in [0.2, 0.25) is 0 Å². The van der Waals surface area contributed by atoms with Crippen LogP contribution in [-0.4, -0.2) is 47.0 Å². The number of β-lactam (4-membered cyclic amide) rings is 1. The molecule has 7 nitrogen and oxygen atoms in total. The molecule has 1 amide bonds. The minimum atomic E-state index is 0.105. The molecule has 158 valence electrons. The van der Waals surface area contributed by atoms with E-state index in [9.17, 15) is 4.79 Å². The van der Waals surface area contributed by atoms with E-state index in [1.807, 2.05) is 24.3 Å². The average Bonchev–Trinajstić information content (AvgIpc) is 3.04. The standard InChI is InChI=1S/C24H26N6O/c31-24-19(16-27-24)8-12-26-21-15-22(29-23(28-21)20-7-3-4-11-25-20)30-13-9-17-5-1-2-6-18(17)10-14-30/h1-7,11,15,19H,8-10,12-14,16H2,(H,27,31)(H,26,28,29). The van der Waals surface area contributed by atoms with Crippen LogP contribution in [-0.2, 0) is 17.6 Å². The largest absolute Gasteiger partial charge is 0.370 e. The van der Waals surface area contributed by atoms with Gasteiger partial charge in [-0.05, 0) is 42.5 Å². The molecule has 0 spiro atoms. The van der Waals surface area contributed by atoms with Crippen LogP contribution in [0.15, 0.2) is 54.7 Å². The normalized spacial score (nSPS) is 17.9. The zero-order valence-corrected chi connectivity index (χ0v) is 17.4. The maximum atomic E-state index is 11.5. The molecule has 1 saturated heterocycles. The molecule has 1 aromatic carbocycles. The molecule has 2 aliphatic rings. The molecule has 0 aliphatic carbocycles. The van der Waals surface area contributed by atoms with Crippen LogP contribution in [0.5, 0.6) is 0 Å². The van der Waals surface area contributed by atoms with Gasteiger partial charge in [-0.1, -0.05) is 30.3 Å². The minimum Gasteiger partial charge on any atom is -0.370 e. The van der Waals surface area contributed by atoms with Gasteiger partial charge in [0, 0.05) is 38.4 Å². The summed E-state index contributed by atoms with van der Waals surface area (Å²) in [5.74, 6) is 2.54. The number of pyridine rings is 1. The van der Waals surface area contributed by atoms with Crippen LogP contribution >= 0.6 is 0 Å². The van der Waals surface area contributed by atoms with Crippen LogP contribution < -0.4 is 15.5 Å². The molecular weight excluding hydrogens is 388 g/mol. The number of hydrogen-bond acceptors (Lipinski definition) is 6. The Labute approximate surface area is 181 Å². The lowest BCUT2D eigenvalue weighted by molar-refractivity contribution is -0.131. The Balaban J connectivity index is 1.38. The first-order valence-electron chi connectivity index (χ1n) is 10.9. The highest BCUT2D eigenvalue weighted by Crippen LogP contribution is 2.24. The van der Waals surface area contributed by atoms with E-state index in [4.69, 9.17) is 9.97 Å². The highest BCUT2D eigenvalue weighted by Gasteiger charge is 2.26. The van der Waals surface area contributed by atoms with Crippen molar-refractivity contribution < 1.29 is 4.79 Å². The van der Waals surface area contributed by atoms with Gasteiger partial charge in [-0.3, -0.25) is 9.78 Å². The predicted octanol–water partition coefficient (Wildman–Crippen LogP) is 2.69. The summed E-state index contributed by atoms with van der Waals surface area (Å²) in [5.41, 5.74) is 3.59. The zero-order valence-electron chi connectivity index (χ0n) is 17.4. The second kappa shape index (κ2) is 8.71. The lowest BCUT2D eigenvalue weighted by atomic mass is 9.98. The SMILES string of the molecule is O=C1NCC1CCNc1cc(N2CCc3ccccc3CC2)nc(-c2ccccn2)n1. The Morgan fingerprint density at radius 1 is 1.03 bits per heavy atom. The minimum absolute atomic E-state index is 0.105. The Hall–Kier alpha value is -3.48. The zero-order chi connectivity index (χ0) is 21.0. The van der Waals surface area contributed by atoms with Gasteiger partial charge in [-0.15, -0.1) is 0 Å². The smallest absolute Gasteiger partial charge is 0.224 e. The maximum absolute atomic E-state index is 11.5. The van der Waals surface area contributed by atoms with Crippen molar-refractivity contribution in [2.24, 2.45) is 5.92 Å². The molecule has 2 aromatic heterocycles. The van der Waals surface area contributed by atoms with E-state index in [0.29, 0.717) is 12.4 Å². The van der Waals surface area contributed by atoms with E-state index >= 15 is 0 Å². The van der Waals surface area contributed by atoms with Crippen LogP contribution in [0.3, 0.4) is 0 Å². The van der Waals surface area contributed by atoms with Crippen molar-refractivity contribution >= 4 is 17.5 Å². The second-order valence-electron chi connectivity index (χ2n) is 8.06. The fourth-order valence-electron chi connectivity index (χ4n) is 4.13. The molecule has 1 atom stereocenters. The van der Waals surface area contributed by atoms with Crippen LogP contribution in [0, 0.1) is 5.92 Å². The molecule has 2 aliphatic heterocycles. The number of nitrogens with one attached hydrogen (secondary N) is 2. The monoisotopic (exact) mass is 414 g/mol. The summed E-state index contributed by atoms with van der Waals surface area (Å²) in [6.07, 6.45) is 4.55. The van der Waals surface area contributed by atoms with Crippen LogP contribution in [0.25, 0.3) is 11.5 Å². The van der Waals surface area contributed by atoms with Gasteiger partial charge in [0.05, 0.1) is 5.92 Å². The summed E-state index contributed by atoms with van der Waals surface area (Å²) in [4.78, 5) is 27.9. The van der Waals surface area contributed by atoms with E-state index in [0.717, 1.165) is 56.2 Å². The molecule has 5 rings (SSSR count). The number of carbonyl (C=O) groups excluding carboxylic acids is 1. The Bertz CT molecular complexity index is 1040. The van der Waals surface area contributed by atoms with Crippen molar-refractivity contribution in [2.45, 2.75) is 19.3 Å². The number of hydrogen-bond donors (Lipinski definition) is 2. The first-order valence-corrected chi connectivity index (χ1v) is 10.9. The number of carbonyl (C=O) groups is 1. The molecule has 7 heteroatoms. The Kier molecular flexibility index (Phi) is 5.48. The quantitative estimate of drug-likeness (QED) is 0.604. The lowest BCUT2D eigenvalue weighted by Gasteiger charge is -2.26.